The number of carbonyl (C=O) groups excluding carboxylic acids is 1. The maximum Gasteiger partial charge on any atom is 0.230 e. The number of rotatable bonds is 7. The highest BCUT2D eigenvalue weighted by molar-refractivity contribution is 7.99. The predicted octanol–water partition coefficient (Wildman–Crippen LogP) is 4.42. The predicted molar refractivity (Wildman–Crippen MR) is 121 cm³/mol. The van der Waals surface area contributed by atoms with E-state index in [0.29, 0.717) is 17.5 Å². The van der Waals surface area contributed by atoms with Crippen molar-refractivity contribution in [2.75, 3.05) is 5.75 Å². The minimum absolute atomic E-state index is 0.0353. The Morgan fingerprint density at radius 2 is 2.07 bits per heavy atom. The summed E-state index contributed by atoms with van der Waals surface area (Å²) in [4.78, 5) is 17.7. The topological polar surface area (TPSA) is 72.7 Å². The van der Waals surface area contributed by atoms with Crippen LogP contribution in [0.2, 0.25) is 0 Å². The van der Waals surface area contributed by atoms with Crippen molar-refractivity contribution in [1.82, 2.24) is 25.1 Å². The molecule has 0 aliphatic rings. The quantitative estimate of drug-likeness (QED) is 0.435. The second-order valence-electron chi connectivity index (χ2n) is 6.82. The van der Waals surface area contributed by atoms with Gasteiger partial charge < -0.3 is 5.32 Å². The van der Waals surface area contributed by atoms with E-state index in [1.54, 1.807) is 23.7 Å². The van der Waals surface area contributed by atoms with Gasteiger partial charge in [-0.1, -0.05) is 30.0 Å². The average molecular weight is 436 g/mol. The van der Waals surface area contributed by atoms with Crippen LogP contribution in [0.15, 0.2) is 65.4 Å². The van der Waals surface area contributed by atoms with Crippen LogP contribution in [0.4, 0.5) is 0 Å². The summed E-state index contributed by atoms with van der Waals surface area (Å²) in [7, 11) is 0. The molecule has 0 spiro atoms. The van der Waals surface area contributed by atoms with Crippen LogP contribution in [0.25, 0.3) is 17.1 Å². The first-order chi connectivity index (χ1) is 14.6. The Labute approximate surface area is 183 Å². The summed E-state index contributed by atoms with van der Waals surface area (Å²) in [5, 5.41) is 14.4. The zero-order chi connectivity index (χ0) is 20.9. The van der Waals surface area contributed by atoms with E-state index >= 15 is 0 Å². The lowest BCUT2D eigenvalue weighted by molar-refractivity contribution is -0.118. The lowest BCUT2D eigenvalue weighted by Crippen LogP contribution is -2.24. The number of amides is 1. The molecule has 0 unspecified atom stereocenters. The SMILES string of the molecule is Cc1ccc(C)c(-n2c(SCC(=O)NCc3cccs3)nnc2-c2cccnc2)c1. The third-order valence-corrected chi connectivity index (χ3v) is 6.34. The molecule has 4 rings (SSSR count). The third-order valence-electron chi connectivity index (χ3n) is 4.53. The van der Waals surface area contributed by atoms with E-state index in [2.05, 4.69) is 52.5 Å². The monoisotopic (exact) mass is 435 g/mol. The molecular formula is C22H21N5OS2. The van der Waals surface area contributed by atoms with Gasteiger partial charge in [-0.3, -0.25) is 14.3 Å². The molecule has 30 heavy (non-hydrogen) atoms. The first-order valence-corrected chi connectivity index (χ1v) is 11.3. The number of aryl methyl sites for hydroxylation is 2. The molecule has 3 aromatic heterocycles. The van der Waals surface area contributed by atoms with E-state index in [9.17, 15) is 4.79 Å². The van der Waals surface area contributed by atoms with Crippen molar-refractivity contribution in [1.29, 1.82) is 0 Å². The highest BCUT2D eigenvalue weighted by Gasteiger charge is 2.19. The minimum Gasteiger partial charge on any atom is -0.350 e. The maximum atomic E-state index is 12.4. The smallest absolute Gasteiger partial charge is 0.230 e. The van der Waals surface area contributed by atoms with Gasteiger partial charge in [0.05, 0.1) is 18.0 Å². The molecule has 8 heteroatoms. The number of pyridine rings is 1. The van der Waals surface area contributed by atoms with Gasteiger partial charge in [-0.25, -0.2) is 0 Å². The van der Waals surface area contributed by atoms with E-state index in [1.165, 1.54) is 11.8 Å². The lowest BCUT2D eigenvalue weighted by atomic mass is 10.1. The minimum atomic E-state index is -0.0353. The van der Waals surface area contributed by atoms with Gasteiger partial charge in [0.25, 0.3) is 0 Å². The number of carbonyl (C=O) groups is 1. The number of thioether (sulfide) groups is 1. The first kappa shape index (κ1) is 20.3. The summed E-state index contributed by atoms with van der Waals surface area (Å²) < 4.78 is 2.01. The van der Waals surface area contributed by atoms with Crippen LogP contribution in [0, 0.1) is 13.8 Å². The Bertz CT molecular complexity index is 1140. The van der Waals surface area contributed by atoms with Crippen molar-refractivity contribution in [2.24, 2.45) is 0 Å². The van der Waals surface area contributed by atoms with Crippen molar-refractivity contribution in [3.8, 4) is 17.1 Å². The van der Waals surface area contributed by atoms with Gasteiger partial charge in [-0.15, -0.1) is 21.5 Å². The van der Waals surface area contributed by atoms with Crippen molar-refractivity contribution in [3.05, 3.63) is 76.2 Å². The number of hydrogen-bond donors (Lipinski definition) is 1. The Hall–Kier alpha value is -2.97. The van der Waals surface area contributed by atoms with E-state index in [1.807, 2.05) is 34.2 Å². The van der Waals surface area contributed by atoms with Crippen molar-refractivity contribution in [2.45, 2.75) is 25.5 Å². The molecule has 0 aliphatic carbocycles. The largest absolute Gasteiger partial charge is 0.350 e. The van der Waals surface area contributed by atoms with Gasteiger partial charge in [0, 0.05) is 22.8 Å². The fourth-order valence-corrected chi connectivity index (χ4v) is 4.42. The summed E-state index contributed by atoms with van der Waals surface area (Å²) in [5.41, 5.74) is 4.13. The molecule has 1 aromatic carbocycles. The van der Waals surface area contributed by atoms with E-state index in [-0.39, 0.29) is 11.7 Å². The standard InChI is InChI=1S/C22H21N5OS2/c1-15-7-8-16(2)19(11-15)27-21(17-5-3-9-23-12-17)25-26-22(27)30-14-20(28)24-13-18-6-4-10-29-18/h3-12H,13-14H2,1-2H3,(H,24,28). The van der Waals surface area contributed by atoms with Crippen LogP contribution in [0.5, 0.6) is 0 Å². The Morgan fingerprint density at radius 1 is 1.17 bits per heavy atom. The molecule has 0 atom stereocenters. The van der Waals surface area contributed by atoms with Crippen LogP contribution in [0.3, 0.4) is 0 Å². The zero-order valence-electron chi connectivity index (χ0n) is 16.7. The summed E-state index contributed by atoms with van der Waals surface area (Å²) >= 11 is 3.01. The van der Waals surface area contributed by atoms with Crippen LogP contribution in [-0.4, -0.2) is 31.4 Å². The molecule has 0 saturated carbocycles. The average Bonchev–Trinajstić information content (AvgIpc) is 3.43. The van der Waals surface area contributed by atoms with Crippen LogP contribution < -0.4 is 5.32 Å². The van der Waals surface area contributed by atoms with Gasteiger partial charge in [-0.2, -0.15) is 0 Å². The number of hydrogen-bond acceptors (Lipinski definition) is 6. The Balaban J connectivity index is 1.60. The summed E-state index contributed by atoms with van der Waals surface area (Å²) in [6.45, 7) is 4.66. The number of benzene rings is 1. The van der Waals surface area contributed by atoms with Crippen LogP contribution >= 0.6 is 23.1 Å². The van der Waals surface area contributed by atoms with Gasteiger partial charge in [-0.05, 0) is 54.6 Å². The molecule has 0 saturated heterocycles. The highest BCUT2D eigenvalue weighted by Crippen LogP contribution is 2.29. The third kappa shape index (κ3) is 4.60. The summed E-state index contributed by atoms with van der Waals surface area (Å²) in [5.74, 6) is 0.937. The molecular weight excluding hydrogens is 414 g/mol. The van der Waals surface area contributed by atoms with E-state index in [0.717, 1.165) is 27.3 Å². The highest BCUT2D eigenvalue weighted by atomic mass is 32.2. The molecule has 4 aromatic rings. The molecule has 6 nitrogen and oxygen atoms in total. The molecule has 0 aliphatic heterocycles. The first-order valence-electron chi connectivity index (χ1n) is 9.47. The summed E-state index contributed by atoms with van der Waals surface area (Å²) in [6, 6.07) is 14.1. The van der Waals surface area contributed by atoms with E-state index < -0.39 is 0 Å². The van der Waals surface area contributed by atoms with Gasteiger partial charge >= 0.3 is 0 Å². The molecule has 1 amide bonds. The van der Waals surface area contributed by atoms with Crippen molar-refractivity contribution in [3.63, 3.8) is 0 Å². The van der Waals surface area contributed by atoms with Gasteiger partial charge in [0.2, 0.25) is 5.91 Å². The normalized spacial score (nSPS) is 10.9. The van der Waals surface area contributed by atoms with Crippen molar-refractivity contribution < 1.29 is 4.79 Å². The van der Waals surface area contributed by atoms with Gasteiger partial charge in [0.15, 0.2) is 11.0 Å². The van der Waals surface area contributed by atoms with Gasteiger partial charge in [0.1, 0.15) is 0 Å². The molecule has 152 valence electrons. The maximum absolute atomic E-state index is 12.4. The number of aromatic nitrogens is 4. The molecule has 0 fully saturated rings. The van der Waals surface area contributed by atoms with Crippen LogP contribution in [0.1, 0.15) is 16.0 Å². The second-order valence-corrected chi connectivity index (χ2v) is 8.79. The molecule has 1 N–H and O–H groups in total. The molecule has 0 radical (unpaired) electrons. The fourth-order valence-electron chi connectivity index (χ4n) is 3.00. The van der Waals surface area contributed by atoms with E-state index in [4.69, 9.17) is 0 Å². The van der Waals surface area contributed by atoms with Crippen LogP contribution in [-0.2, 0) is 11.3 Å². The molecule has 3 heterocycles. The lowest BCUT2D eigenvalue weighted by Gasteiger charge is -2.13. The second kappa shape index (κ2) is 9.23. The zero-order valence-corrected chi connectivity index (χ0v) is 18.3. The Kier molecular flexibility index (Phi) is 6.25. The Morgan fingerprint density at radius 3 is 2.83 bits per heavy atom. The fraction of sp³-hybridized carbons (Fsp3) is 0.182. The summed E-state index contributed by atoms with van der Waals surface area (Å²) in [6.07, 6.45) is 3.50. The van der Waals surface area contributed by atoms with Crippen molar-refractivity contribution >= 4 is 29.0 Å². The number of nitrogens with zero attached hydrogens (tertiary/aromatic N) is 4. The number of nitrogens with one attached hydrogen (secondary N) is 1. The number of thiophene rings is 1. The molecule has 0 bridgehead atoms.